The first-order valence-electron chi connectivity index (χ1n) is 4.10. The normalized spacial score (nSPS) is 34.7. The molecule has 11 heavy (non-hydrogen) atoms. The Kier molecular flexibility index (Phi) is 1.46. The van der Waals surface area contributed by atoms with Gasteiger partial charge in [-0.05, 0) is 19.4 Å². The van der Waals surface area contributed by atoms with Crippen LogP contribution in [0.1, 0.15) is 13.8 Å². The van der Waals surface area contributed by atoms with Gasteiger partial charge in [-0.1, -0.05) is 29.9 Å². The van der Waals surface area contributed by atoms with Crippen LogP contribution in [-0.4, -0.2) is 12.1 Å². The first kappa shape index (κ1) is 6.86. The molecule has 2 rings (SSSR count). The van der Waals surface area contributed by atoms with Gasteiger partial charge >= 0.3 is 0 Å². The summed E-state index contributed by atoms with van der Waals surface area (Å²) in [5.41, 5.74) is 2.94. The van der Waals surface area contributed by atoms with Crippen molar-refractivity contribution in [1.29, 1.82) is 0 Å². The Morgan fingerprint density at radius 3 is 2.91 bits per heavy atom. The molecule has 1 nitrogen and oxygen atoms in total. The van der Waals surface area contributed by atoms with Crippen molar-refractivity contribution >= 4 is 0 Å². The molecular weight excluding hydrogens is 134 g/mol. The van der Waals surface area contributed by atoms with Gasteiger partial charge in [-0.15, -0.1) is 0 Å². The van der Waals surface area contributed by atoms with Crippen LogP contribution in [-0.2, 0) is 0 Å². The minimum absolute atomic E-state index is 0.481. The highest BCUT2D eigenvalue weighted by molar-refractivity contribution is 5.44. The summed E-state index contributed by atoms with van der Waals surface area (Å²) in [6.45, 7) is 4.42. The first-order chi connectivity index (χ1) is 5.29. The lowest BCUT2D eigenvalue weighted by atomic mass is 10.0. The summed E-state index contributed by atoms with van der Waals surface area (Å²) in [6.07, 6.45) is 8.63. The van der Waals surface area contributed by atoms with Gasteiger partial charge in [0.15, 0.2) is 0 Å². The Morgan fingerprint density at radius 1 is 1.36 bits per heavy atom. The van der Waals surface area contributed by atoms with Crippen molar-refractivity contribution in [3.05, 3.63) is 35.5 Å². The molecule has 0 fully saturated rings. The van der Waals surface area contributed by atoms with Crippen LogP contribution in [0, 0.1) is 0 Å². The number of fused-ring (bicyclic) bond motifs is 1. The zero-order chi connectivity index (χ0) is 7.84. The molecule has 1 heterocycles. The van der Waals surface area contributed by atoms with Crippen molar-refractivity contribution in [3.8, 4) is 0 Å². The van der Waals surface area contributed by atoms with E-state index in [0.29, 0.717) is 12.1 Å². The van der Waals surface area contributed by atoms with Gasteiger partial charge in [-0.3, -0.25) is 0 Å². The Morgan fingerprint density at radius 2 is 2.18 bits per heavy atom. The Labute approximate surface area is 67.5 Å². The standard InChI is InChI=1S/C10H13N/c1-7-8(2)11-10-6-4-3-5-9(7)10/h3-6,8,10-11H,1-2H3. The van der Waals surface area contributed by atoms with Crippen molar-refractivity contribution in [2.24, 2.45) is 0 Å². The minimum atomic E-state index is 0.481. The molecule has 0 aromatic rings. The van der Waals surface area contributed by atoms with Crippen molar-refractivity contribution in [2.45, 2.75) is 25.9 Å². The SMILES string of the molecule is CC1=C2C=CC=CC2NC1C. The Hall–Kier alpha value is -0.820. The third kappa shape index (κ3) is 0.962. The van der Waals surface area contributed by atoms with Crippen LogP contribution in [0.5, 0.6) is 0 Å². The summed E-state index contributed by atoms with van der Waals surface area (Å²) >= 11 is 0. The topological polar surface area (TPSA) is 12.0 Å². The second-order valence-corrected chi connectivity index (χ2v) is 3.25. The second kappa shape index (κ2) is 2.35. The highest BCUT2D eigenvalue weighted by Crippen LogP contribution is 2.24. The van der Waals surface area contributed by atoms with E-state index in [9.17, 15) is 0 Å². The fourth-order valence-corrected chi connectivity index (χ4v) is 1.71. The summed E-state index contributed by atoms with van der Waals surface area (Å²) in [5, 5.41) is 3.49. The van der Waals surface area contributed by atoms with Gasteiger partial charge in [-0.25, -0.2) is 0 Å². The smallest absolute Gasteiger partial charge is 0.0513 e. The lowest BCUT2D eigenvalue weighted by Gasteiger charge is -2.11. The number of hydrogen-bond donors (Lipinski definition) is 1. The maximum atomic E-state index is 3.49. The van der Waals surface area contributed by atoms with Crippen LogP contribution in [0.3, 0.4) is 0 Å². The molecule has 0 bridgehead atoms. The molecular formula is C10H13N. The molecule has 1 aliphatic heterocycles. The number of rotatable bonds is 0. The average molecular weight is 147 g/mol. The number of allylic oxidation sites excluding steroid dienone is 2. The van der Waals surface area contributed by atoms with Crippen LogP contribution in [0.4, 0.5) is 0 Å². The van der Waals surface area contributed by atoms with E-state index in [4.69, 9.17) is 0 Å². The predicted molar refractivity (Wildman–Crippen MR) is 47.4 cm³/mol. The van der Waals surface area contributed by atoms with Crippen molar-refractivity contribution in [1.82, 2.24) is 5.32 Å². The van der Waals surface area contributed by atoms with Crippen LogP contribution in [0.2, 0.25) is 0 Å². The van der Waals surface area contributed by atoms with Gasteiger partial charge in [0.1, 0.15) is 0 Å². The van der Waals surface area contributed by atoms with Gasteiger partial charge in [0.25, 0.3) is 0 Å². The molecule has 0 aromatic carbocycles. The van der Waals surface area contributed by atoms with Crippen molar-refractivity contribution in [2.75, 3.05) is 0 Å². The molecule has 1 aliphatic carbocycles. The predicted octanol–water partition coefficient (Wildman–Crippen LogP) is 1.79. The van der Waals surface area contributed by atoms with E-state index in [0.717, 1.165) is 0 Å². The molecule has 0 spiro atoms. The lowest BCUT2D eigenvalue weighted by molar-refractivity contribution is 0.641. The van der Waals surface area contributed by atoms with E-state index in [-0.39, 0.29) is 0 Å². The van der Waals surface area contributed by atoms with E-state index < -0.39 is 0 Å². The molecule has 1 heteroatoms. The highest BCUT2D eigenvalue weighted by atomic mass is 15.0. The van der Waals surface area contributed by atoms with Gasteiger partial charge < -0.3 is 5.32 Å². The third-order valence-corrected chi connectivity index (χ3v) is 2.56. The van der Waals surface area contributed by atoms with Gasteiger partial charge in [0, 0.05) is 6.04 Å². The van der Waals surface area contributed by atoms with Crippen LogP contribution in [0.15, 0.2) is 35.5 Å². The monoisotopic (exact) mass is 147 g/mol. The van der Waals surface area contributed by atoms with E-state index in [1.165, 1.54) is 11.1 Å². The lowest BCUT2D eigenvalue weighted by Crippen LogP contribution is -2.29. The zero-order valence-electron chi connectivity index (χ0n) is 6.96. The van der Waals surface area contributed by atoms with Crippen molar-refractivity contribution < 1.29 is 0 Å². The van der Waals surface area contributed by atoms with E-state index in [2.05, 4.69) is 43.5 Å². The van der Waals surface area contributed by atoms with E-state index >= 15 is 0 Å². The molecule has 2 atom stereocenters. The van der Waals surface area contributed by atoms with Crippen LogP contribution in [0.25, 0.3) is 0 Å². The minimum Gasteiger partial charge on any atom is -0.300 e. The van der Waals surface area contributed by atoms with E-state index in [1.807, 2.05) is 0 Å². The summed E-state index contributed by atoms with van der Waals surface area (Å²) in [6, 6.07) is 1.03. The fraction of sp³-hybridized carbons (Fsp3) is 0.400. The zero-order valence-corrected chi connectivity index (χ0v) is 6.96. The molecule has 58 valence electrons. The second-order valence-electron chi connectivity index (χ2n) is 3.25. The molecule has 2 aliphatic rings. The fourth-order valence-electron chi connectivity index (χ4n) is 1.71. The average Bonchev–Trinajstić information content (AvgIpc) is 2.30. The molecule has 0 saturated carbocycles. The van der Waals surface area contributed by atoms with E-state index in [1.54, 1.807) is 0 Å². The van der Waals surface area contributed by atoms with Crippen molar-refractivity contribution in [3.63, 3.8) is 0 Å². The maximum Gasteiger partial charge on any atom is 0.0513 e. The quantitative estimate of drug-likeness (QED) is 0.551. The van der Waals surface area contributed by atoms with Gasteiger partial charge in [-0.2, -0.15) is 0 Å². The summed E-state index contributed by atoms with van der Waals surface area (Å²) < 4.78 is 0. The highest BCUT2D eigenvalue weighted by Gasteiger charge is 2.24. The number of hydrogen-bond acceptors (Lipinski definition) is 1. The molecule has 2 unspecified atom stereocenters. The molecule has 0 amide bonds. The molecule has 1 N–H and O–H groups in total. The maximum absolute atomic E-state index is 3.49. The molecule has 0 saturated heterocycles. The summed E-state index contributed by atoms with van der Waals surface area (Å²) in [4.78, 5) is 0. The molecule has 0 radical (unpaired) electrons. The van der Waals surface area contributed by atoms with Gasteiger partial charge in [0.05, 0.1) is 6.04 Å². The number of nitrogens with one attached hydrogen (secondary N) is 1. The first-order valence-corrected chi connectivity index (χ1v) is 4.10. The Bertz CT molecular complexity index is 258. The summed E-state index contributed by atoms with van der Waals surface area (Å²) in [5.74, 6) is 0. The molecule has 0 aromatic heterocycles. The van der Waals surface area contributed by atoms with Gasteiger partial charge in [0.2, 0.25) is 0 Å². The third-order valence-electron chi connectivity index (χ3n) is 2.56. The largest absolute Gasteiger partial charge is 0.300 e. The van der Waals surface area contributed by atoms with Crippen LogP contribution < -0.4 is 5.32 Å². The van der Waals surface area contributed by atoms with Crippen LogP contribution >= 0.6 is 0 Å². The Balaban J connectivity index is 2.39. The summed E-state index contributed by atoms with van der Waals surface area (Å²) in [7, 11) is 0.